The molecule has 0 amide bonds. The molecule has 0 bridgehead atoms. The maximum atomic E-state index is 13.1. The lowest BCUT2D eigenvalue weighted by molar-refractivity contribution is 0.627. The van der Waals surface area contributed by atoms with Gasteiger partial charge in [0.25, 0.3) is 5.56 Å². The minimum Gasteiger partial charge on any atom is -0.398 e. The van der Waals surface area contributed by atoms with Gasteiger partial charge in [0.2, 0.25) is 0 Å². The van der Waals surface area contributed by atoms with Crippen molar-refractivity contribution in [3.63, 3.8) is 0 Å². The van der Waals surface area contributed by atoms with Crippen molar-refractivity contribution in [2.24, 2.45) is 0 Å². The van der Waals surface area contributed by atoms with E-state index in [1.807, 2.05) is 24.3 Å². The Morgan fingerprint density at radius 2 is 1.85 bits per heavy atom. The second kappa shape index (κ2) is 4.81. The topological polar surface area (TPSA) is 48.0 Å². The van der Waals surface area contributed by atoms with Crippen LogP contribution in [0.2, 0.25) is 0 Å². The van der Waals surface area contributed by atoms with Crippen LogP contribution in [0, 0.1) is 5.82 Å². The predicted octanol–water partition coefficient (Wildman–Crippen LogP) is 2.77. The summed E-state index contributed by atoms with van der Waals surface area (Å²) in [5.74, 6) is -0.378. The fraction of sp³-hybridized carbons (Fsp3) is 0.0625. The summed E-state index contributed by atoms with van der Waals surface area (Å²) in [6.45, 7) is 0.326. The van der Waals surface area contributed by atoms with Crippen molar-refractivity contribution in [2.45, 2.75) is 6.54 Å². The monoisotopic (exact) mass is 268 g/mol. The molecule has 0 saturated carbocycles. The third kappa shape index (κ3) is 2.16. The van der Waals surface area contributed by atoms with Crippen LogP contribution in [0.3, 0.4) is 0 Å². The van der Waals surface area contributed by atoms with Crippen LogP contribution in [0.5, 0.6) is 0 Å². The Balaban J connectivity index is 2.15. The van der Waals surface area contributed by atoms with Gasteiger partial charge < -0.3 is 10.3 Å². The van der Waals surface area contributed by atoms with Crippen LogP contribution >= 0.6 is 0 Å². The largest absolute Gasteiger partial charge is 0.398 e. The van der Waals surface area contributed by atoms with Gasteiger partial charge in [0.1, 0.15) is 5.82 Å². The quantitative estimate of drug-likeness (QED) is 0.726. The first kappa shape index (κ1) is 12.4. The van der Waals surface area contributed by atoms with Crippen molar-refractivity contribution in [3.8, 4) is 0 Å². The molecular weight excluding hydrogens is 255 g/mol. The molecule has 1 heterocycles. The van der Waals surface area contributed by atoms with Crippen LogP contribution in [0.4, 0.5) is 10.1 Å². The maximum absolute atomic E-state index is 13.1. The molecule has 2 N–H and O–H groups in total. The highest BCUT2D eigenvalue weighted by Crippen LogP contribution is 2.17. The molecule has 20 heavy (non-hydrogen) atoms. The first-order chi connectivity index (χ1) is 9.65. The number of nitrogens with two attached hydrogens (primary N) is 1. The normalized spacial score (nSPS) is 10.8. The summed E-state index contributed by atoms with van der Waals surface area (Å²) in [5, 5.41) is 0.979. The number of hydrogen-bond donors (Lipinski definition) is 1. The van der Waals surface area contributed by atoms with Gasteiger partial charge in [-0.05, 0) is 35.2 Å². The summed E-state index contributed by atoms with van der Waals surface area (Å²) < 4.78 is 14.7. The lowest BCUT2D eigenvalue weighted by Gasteiger charge is -2.11. The highest BCUT2D eigenvalue weighted by atomic mass is 19.1. The second-order valence-corrected chi connectivity index (χ2v) is 4.66. The Morgan fingerprint density at radius 1 is 1.05 bits per heavy atom. The molecule has 0 aliphatic heterocycles. The fourth-order valence-corrected chi connectivity index (χ4v) is 2.29. The molecule has 3 rings (SSSR count). The molecule has 100 valence electrons. The molecule has 0 saturated heterocycles. The molecule has 0 atom stereocenters. The van der Waals surface area contributed by atoms with Crippen molar-refractivity contribution in [1.29, 1.82) is 0 Å². The highest BCUT2D eigenvalue weighted by Gasteiger charge is 2.06. The number of benzene rings is 2. The van der Waals surface area contributed by atoms with Gasteiger partial charge in [0.15, 0.2) is 0 Å². The van der Waals surface area contributed by atoms with Crippen molar-refractivity contribution < 1.29 is 4.39 Å². The number of rotatable bonds is 2. The smallest absolute Gasteiger partial charge is 0.251 e. The average molecular weight is 268 g/mol. The molecule has 0 aliphatic carbocycles. The van der Waals surface area contributed by atoms with Crippen molar-refractivity contribution in [3.05, 3.63) is 76.3 Å². The second-order valence-electron chi connectivity index (χ2n) is 4.66. The molecule has 0 radical (unpaired) electrons. The molecule has 1 aromatic heterocycles. The SMILES string of the molecule is Nc1cc(F)ccc1Cn1c(=O)ccc2ccccc21. The Morgan fingerprint density at radius 3 is 2.65 bits per heavy atom. The van der Waals surface area contributed by atoms with E-state index in [9.17, 15) is 9.18 Å². The van der Waals surface area contributed by atoms with Crippen molar-refractivity contribution in [1.82, 2.24) is 4.57 Å². The minimum absolute atomic E-state index is 0.104. The number of fused-ring (bicyclic) bond motifs is 1. The summed E-state index contributed by atoms with van der Waals surface area (Å²) in [6.07, 6.45) is 0. The number of aromatic nitrogens is 1. The first-order valence-electron chi connectivity index (χ1n) is 6.27. The zero-order valence-corrected chi connectivity index (χ0v) is 10.7. The van der Waals surface area contributed by atoms with Gasteiger partial charge in [0, 0.05) is 11.8 Å². The highest BCUT2D eigenvalue weighted by molar-refractivity contribution is 5.78. The van der Waals surface area contributed by atoms with E-state index in [4.69, 9.17) is 5.73 Å². The first-order valence-corrected chi connectivity index (χ1v) is 6.27. The number of para-hydroxylation sites is 1. The Hall–Kier alpha value is -2.62. The molecule has 0 fully saturated rings. The van der Waals surface area contributed by atoms with Gasteiger partial charge in [-0.15, -0.1) is 0 Å². The number of anilines is 1. The van der Waals surface area contributed by atoms with E-state index >= 15 is 0 Å². The third-order valence-electron chi connectivity index (χ3n) is 3.34. The number of halogens is 1. The number of nitrogen functional groups attached to an aromatic ring is 1. The Labute approximate surface area is 115 Å². The summed E-state index contributed by atoms with van der Waals surface area (Å²) in [6, 6.07) is 15.2. The zero-order chi connectivity index (χ0) is 14.1. The van der Waals surface area contributed by atoms with E-state index < -0.39 is 0 Å². The summed E-state index contributed by atoms with van der Waals surface area (Å²) in [4.78, 5) is 12.1. The fourth-order valence-electron chi connectivity index (χ4n) is 2.29. The average Bonchev–Trinajstić information content (AvgIpc) is 2.44. The van der Waals surface area contributed by atoms with Crippen molar-refractivity contribution in [2.75, 3.05) is 5.73 Å². The number of hydrogen-bond acceptors (Lipinski definition) is 2. The van der Waals surface area contributed by atoms with E-state index in [2.05, 4.69) is 0 Å². The van der Waals surface area contributed by atoms with Crippen LogP contribution < -0.4 is 11.3 Å². The number of nitrogens with zero attached hydrogens (tertiary/aromatic N) is 1. The summed E-state index contributed by atoms with van der Waals surface area (Å²) in [5.41, 5.74) is 7.62. The maximum Gasteiger partial charge on any atom is 0.251 e. The standard InChI is InChI=1S/C16H13FN2O/c17-13-7-5-12(14(18)9-13)10-19-15-4-2-1-3-11(15)6-8-16(19)20/h1-9H,10,18H2. The van der Waals surface area contributed by atoms with Crippen molar-refractivity contribution >= 4 is 16.6 Å². The zero-order valence-electron chi connectivity index (χ0n) is 10.7. The van der Waals surface area contributed by atoms with E-state index in [-0.39, 0.29) is 11.4 Å². The van der Waals surface area contributed by atoms with E-state index in [0.717, 1.165) is 16.5 Å². The van der Waals surface area contributed by atoms with Gasteiger partial charge in [-0.3, -0.25) is 4.79 Å². The predicted molar refractivity (Wildman–Crippen MR) is 78.1 cm³/mol. The minimum atomic E-state index is -0.378. The lowest BCUT2D eigenvalue weighted by atomic mass is 10.1. The van der Waals surface area contributed by atoms with Gasteiger partial charge in [-0.2, -0.15) is 0 Å². The van der Waals surface area contributed by atoms with Gasteiger partial charge in [-0.25, -0.2) is 4.39 Å². The summed E-state index contributed by atoms with van der Waals surface area (Å²) >= 11 is 0. The Kier molecular flexibility index (Phi) is 2.99. The molecule has 0 unspecified atom stereocenters. The van der Waals surface area contributed by atoms with Crippen LogP contribution in [0.15, 0.2) is 59.4 Å². The number of pyridine rings is 1. The molecule has 4 heteroatoms. The third-order valence-corrected chi connectivity index (χ3v) is 3.34. The van der Waals surface area contributed by atoms with E-state index in [1.54, 1.807) is 16.7 Å². The van der Waals surface area contributed by atoms with E-state index in [1.165, 1.54) is 18.2 Å². The molecule has 3 aromatic rings. The van der Waals surface area contributed by atoms with E-state index in [0.29, 0.717) is 12.2 Å². The summed E-state index contributed by atoms with van der Waals surface area (Å²) in [7, 11) is 0. The van der Waals surface area contributed by atoms with Gasteiger partial charge in [0.05, 0.1) is 12.1 Å². The van der Waals surface area contributed by atoms with Gasteiger partial charge >= 0.3 is 0 Å². The van der Waals surface area contributed by atoms with Crippen LogP contribution in [-0.4, -0.2) is 4.57 Å². The van der Waals surface area contributed by atoms with Crippen LogP contribution in [0.25, 0.3) is 10.9 Å². The van der Waals surface area contributed by atoms with Crippen LogP contribution in [-0.2, 0) is 6.54 Å². The molecular formula is C16H13FN2O. The molecule has 0 spiro atoms. The molecule has 2 aromatic carbocycles. The van der Waals surface area contributed by atoms with Gasteiger partial charge in [-0.1, -0.05) is 24.3 Å². The Bertz CT molecular complexity index is 839. The lowest BCUT2D eigenvalue weighted by Crippen LogP contribution is -2.20. The molecule has 0 aliphatic rings. The molecule has 3 nitrogen and oxygen atoms in total. The van der Waals surface area contributed by atoms with Crippen LogP contribution in [0.1, 0.15) is 5.56 Å².